The van der Waals surface area contributed by atoms with E-state index < -0.39 is 0 Å². The third-order valence-electron chi connectivity index (χ3n) is 4.75. The molecule has 4 aromatic rings. The van der Waals surface area contributed by atoms with Crippen molar-refractivity contribution in [3.8, 4) is 11.5 Å². The summed E-state index contributed by atoms with van der Waals surface area (Å²) in [6.07, 6.45) is 2.09. The number of fused-ring (bicyclic) bond motifs is 1. The summed E-state index contributed by atoms with van der Waals surface area (Å²) in [4.78, 5) is 17.4. The van der Waals surface area contributed by atoms with E-state index in [-0.39, 0.29) is 5.91 Å². The van der Waals surface area contributed by atoms with E-state index in [4.69, 9.17) is 16.0 Å². The number of amides is 1. The molecule has 30 heavy (non-hydrogen) atoms. The predicted molar refractivity (Wildman–Crippen MR) is 117 cm³/mol. The summed E-state index contributed by atoms with van der Waals surface area (Å²) in [5.74, 6) is 1.33. The maximum absolute atomic E-state index is 12.7. The maximum Gasteiger partial charge on any atom is 0.252 e. The zero-order valence-corrected chi connectivity index (χ0v) is 17.4. The van der Waals surface area contributed by atoms with Crippen molar-refractivity contribution in [1.29, 1.82) is 0 Å². The van der Waals surface area contributed by atoms with Gasteiger partial charge in [0, 0.05) is 22.0 Å². The topological polar surface area (TPSA) is 80.9 Å². The third kappa shape index (κ3) is 4.17. The largest absolute Gasteiger partial charge is 0.420 e. The van der Waals surface area contributed by atoms with Gasteiger partial charge in [-0.1, -0.05) is 41.6 Å². The molecular formula is C22H17ClN4O2S. The molecular weight excluding hydrogens is 420 g/mol. The lowest BCUT2D eigenvalue weighted by Gasteiger charge is -2.09. The van der Waals surface area contributed by atoms with E-state index >= 15 is 0 Å². The van der Waals surface area contributed by atoms with Crippen LogP contribution in [0, 0.1) is 0 Å². The van der Waals surface area contributed by atoms with Crippen LogP contribution in [0.1, 0.15) is 29.1 Å². The second-order valence-corrected chi connectivity index (χ2v) is 8.50. The van der Waals surface area contributed by atoms with Gasteiger partial charge in [-0.05, 0) is 49.2 Å². The molecule has 1 saturated carbocycles. The summed E-state index contributed by atoms with van der Waals surface area (Å²) in [6.45, 7) is 0. The molecule has 8 heteroatoms. The first-order valence-corrected chi connectivity index (χ1v) is 10.9. The van der Waals surface area contributed by atoms with Crippen LogP contribution in [0.3, 0.4) is 0 Å². The van der Waals surface area contributed by atoms with Crippen molar-refractivity contribution in [2.24, 2.45) is 0 Å². The van der Waals surface area contributed by atoms with Crippen molar-refractivity contribution in [3.63, 3.8) is 0 Å². The molecule has 0 bridgehead atoms. The minimum Gasteiger partial charge on any atom is -0.420 e. The van der Waals surface area contributed by atoms with E-state index in [9.17, 15) is 4.79 Å². The van der Waals surface area contributed by atoms with Gasteiger partial charge in [0.15, 0.2) is 0 Å². The number of thioether (sulfide) groups is 1. The van der Waals surface area contributed by atoms with Crippen molar-refractivity contribution in [2.45, 2.75) is 29.7 Å². The second-order valence-electron chi connectivity index (χ2n) is 7.07. The average Bonchev–Trinajstić information content (AvgIpc) is 3.45. The Hall–Kier alpha value is -2.90. The van der Waals surface area contributed by atoms with E-state index in [1.165, 1.54) is 11.8 Å². The van der Waals surface area contributed by atoms with E-state index in [1.807, 2.05) is 42.5 Å². The molecule has 5 rings (SSSR count). The van der Waals surface area contributed by atoms with Gasteiger partial charge in [-0.15, -0.1) is 10.2 Å². The lowest BCUT2D eigenvalue weighted by molar-refractivity contribution is 0.0952. The fourth-order valence-corrected chi connectivity index (χ4v) is 3.94. The Bertz CT molecular complexity index is 1220. The standard InChI is InChI=1S/C22H17ClN4O2S/c23-14-7-5-13(6-8-14)22-27-26-19(29-22)12-30-20-11-17(21(28)24-15-9-10-15)16-3-1-2-4-18(16)25-20/h1-8,11,15H,9-10,12H2,(H,24,28). The van der Waals surface area contributed by atoms with E-state index in [0.717, 1.165) is 34.3 Å². The van der Waals surface area contributed by atoms with Crippen LogP contribution in [-0.2, 0) is 5.75 Å². The number of halogens is 1. The first-order valence-electron chi connectivity index (χ1n) is 9.57. The molecule has 0 spiro atoms. The number of carbonyl (C=O) groups excluding carboxylic acids is 1. The first-order chi connectivity index (χ1) is 14.7. The Morgan fingerprint density at radius 1 is 1.13 bits per heavy atom. The van der Waals surface area contributed by atoms with E-state index in [2.05, 4.69) is 20.5 Å². The van der Waals surface area contributed by atoms with Crippen LogP contribution in [0.15, 0.2) is 64.0 Å². The highest BCUT2D eigenvalue weighted by Gasteiger charge is 2.25. The van der Waals surface area contributed by atoms with Crippen molar-refractivity contribution >= 4 is 40.2 Å². The number of rotatable bonds is 6. The molecule has 2 heterocycles. The van der Waals surface area contributed by atoms with Crippen LogP contribution in [-0.4, -0.2) is 27.1 Å². The number of hydrogen-bond acceptors (Lipinski definition) is 6. The Morgan fingerprint density at radius 3 is 2.73 bits per heavy atom. The normalized spacial score (nSPS) is 13.5. The molecule has 0 radical (unpaired) electrons. The molecule has 1 amide bonds. The van der Waals surface area contributed by atoms with Crippen LogP contribution in [0.25, 0.3) is 22.4 Å². The van der Waals surface area contributed by atoms with Crippen LogP contribution >= 0.6 is 23.4 Å². The van der Waals surface area contributed by atoms with Crippen molar-refractivity contribution in [1.82, 2.24) is 20.5 Å². The Kier molecular flexibility index (Phi) is 5.14. The van der Waals surface area contributed by atoms with Gasteiger partial charge < -0.3 is 9.73 Å². The van der Waals surface area contributed by atoms with Crippen molar-refractivity contribution in [2.75, 3.05) is 0 Å². The quantitative estimate of drug-likeness (QED) is 0.422. The molecule has 1 N–H and O–H groups in total. The predicted octanol–water partition coefficient (Wildman–Crippen LogP) is 5.12. The monoisotopic (exact) mass is 436 g/mol. The number of benzene rings is 2. The van der Waals surface area contributed by atoms with Gasteiger partial charge in [-0.25, -0.2) is 4.98 Å². The minimum atomic E-state index is -0.0548. The molecule has 0 unspecified atom stereocenters. The molecule has 1 fully saturated rings. The highest BCUT2D eigenvalue weighted by Crippen LogP contribution is 2.28. The van der Waals surface area contributed by atoms with Crippen molar-refractivity contribution in [3.05, 3.63) is 71.1 Å². The molecule has 1 aliphatic carbocycles. The summed E-state index contributed by atoms with van der Waals surface area (Å²) < 4.78 is 5.76. The molecule has 0 saturated heterocycles. The average molecular weight is 437 g/mol. The highest BCUT2D eigenvalue weighted by molar-refractivity contribution is 7.98. The number of carbonyl (C=O) groups is 1. The minimum absolute atomic E-state index is 0.0548. The van der Waals surface area contributed by atoms with Gasteiger partial charge in [0.2, 0.25) is 11.8 Å². The molecule has 0 aliphatic heterocycles. The lowest BCUT2D eigenvalue weighted by Crippen LogP contribution is -2.25. The molecule has 2 aromatic heterocycles. The summed E-state index contributed by atoms with van der Waals surface area (Å²) in [5, 5.41) is 13.5. The highest BCUT2D eigenvalue weighted by atomic mass is 35.5. The lowest BCUT2D eigenvalue weighted by atomic mass is 10.1. The number of para-hydroxylation sites is 1. The van der Waals surface area contributed by atoms with E-state index in [0.29, 0.717) is 34.2 Å². The molecule has 2 aromatic carbocycles. The van der Waals surface area contributed by atoms with Gasteiger partial charge in [0.25, 0.3) is 5.91 Å². The van der Waals surface area contributed by atoms with Gasteiger partial charge in [0.1, 0.15) is 0 Å². The Labute approximate surface area is 182 Å². The van der Waals surface area contributed by atoms with Crippen LogP contribution < -0.4 is 5.32 Å². The smallest absolute Gasteiger partial charge is 0.252 e. The number of nitrogens with one attached hydrogen (secondary N) is 1. The molecule has 1 aliphatic rings. The number of nitrogens with zero attached hydrogens (tertiary/aromatic N) is 3. The van der Waals surface area contributed by atoms with Gasteiger partial charge >= 0.3 is 0 Å². The van der Waals surface area contributed by atoms with Crippen LogP contribution in [0.4, 0.5) is 0 Å². The number of pyridine rings is 1. The fourth-order valence-electron chi connectivity index (χ4n) is 3.06. The Balaban J connectivity index is 1.36. The maximum atomic E-state index is 12.7. The molecule has 6 nitrogen and oxygen atoms in total. The van der Waals surface area contributed by atoms with Crippen LogP contribution in [0.5, 0.6) is 0 Å². The van der Waals surface area contributed by atoms with Gasteiger partial charge in [0.05, 0.1) is 21.9 Å². The summed E-state index contributed by atoms with van der Waals surface area (Å²) in [7, 11) is 0. The summed E-state index contributed by atoms with van der Waals surface area (Å²) in [6, 6.07) is 17.0. The molecule has 0 atom stereocenters. The van der Waals surface area contributed by atoms with Gasteiger partial charge in [-0.2, -0.15) is 0 Å². The van der Waals surface area contributed by atoms with E-state index in [1.54, 1.807) is 12.1 Å². The summed E-state index contributed by atoms with van der Waals surface area (Å²) >= 11 is 7.38. The SMILES string of the molecule is O=C(NC1CC1)c1cc(SCc2nnc(-c3ccc(Cl)cc3)o2)nc2ccccc12. The molecule has 150 valence electrons. The second kappa shape index (κ2) is 8.08. The zero-order chi connectivity index (χ0) is 20.5. The fraction of sp³-hybridized carbons (Fsp3) is 0.182. The zero-order valence-electron chi connectivity index (χ0n) is 15.8. The first kappa shape index (κ1) is 19.1. The third-order valence-corrected chi connectivity index (χ3v) is 5.90. The van der Waals surface area contributed by atoms with Crippen molar-refractivity contribution < 1.29 is 9.21 Å². The number of hydrogen-bond donors (Lipinski definition) is 1. The summed E-state index contributed by atoms with van der Waals surface area (Å²) in [5.41, 5.74) is 2.24. The number of aromatic nitrogens is 3. The van der Waals surface area contributed by atoms with Crippen LogP contribution in [0.2, 0.25) is 5.02 Å². The Morgan fingerprint density at radius 2 is 1.93 bits per heavy atom. The van der Waals surface area contributed by atoms with Gasteiger partial charge in [-0.3, -0.25) is 4.79 Å².